The highest BCUT2D eigenvalue weighted by Crippen LogP contribution is 2.37. The van der Waals surface area contributed by atoms with Crippen molar-refractivity contribution in [2.45, 2.75) is 6.92 Å². The van der Waals surface area contributed by atoms with Crippen LogP contribution in [-0.4, -0.2) is 0 Å². The Morgan fingerprint density at radius 2 is 1.38 bits per heavy atom. The summed E-state index contributed by atoms with van der Waals surface area (Å²) in [4.78, 5) is 11.7. The number of fused-ring (bicyclic) bond motifs is 7. The van der Waals surface area contributed by atoms with Gasteiger partial charge in [-0.05, 0) is 45.5 Å². The van der Waals surface area contributed by atoms with Crippen molar-refractivity contribution < 1.29 is 4.42 Å². The lowest BCUT2D eigenvalue weighted by molar-refractivity contribution is 0.560. The molecule has 2 heteroatoms. The molecule has 24 heavy (non-hydrogen) atoms. The molecule has 0 aliphatic carbocycles. The van der Waals surface area contributed by atoms with Crippen molar-refractivity contribution in [1.29, 1.82) is 0 Å². The SMILES string of the molecule is Cc1cc(=O)oc2ccc3ccc4ccc5ccccc5c4c3c12. The van der Waals surface area contributed by atoms with E-state index in [1.54, 1.807) is 6.07 Å². The molecule has 0 aliphatic heterocycles. The largest absolute Gasteiger partial charge is 0.423 e. The van der Waals surface area contributed by atoms with Gasteiger partial charge in [0.15, 0.2) is 0 Å². The predicted octanol–water partition coefficient (Wildman–Crippen LogP) is 5.56. The average molecular weight is 310 g/mol. The van der Waals surface area contributed by atoms with Crippen molar-refractivity contribution in [2.75, 3.05) is 0 Å². The molecule has 0 N–H and O–H groups in total. The molecule has 5 aromatic rings. The smallest absolute Gasteiger partial charge is 0.336 e. The van der Waals surface area contributed by atoms with Gasteiger partial charge in [-0.15, -0.1) is 0 Å². The van der Waals surface area contributed by atoms with E-state index >= 15 is 0 Å². The van der Waals surface area contributed by atoms with E-state index in [2.05, 4.69) is 48.5 Å². The van der Waals surface area contributed by atoms with Gasteiger partial charge in [-0.3, -0.25) is 0 Å². The summed E-state index contributed by atoms with van der Waals surface area (Å²) in [5.41, 5.74) is 1.30. The van der Waals surface area contributed by atoms with Gasteiger partial charge in [0.2, 0.25) is 0 Å². The molecule has 0 spiro atoms. The van der Waals surface area contributed by atoms with Gasteiger partial charge in [0, 0.05) is 16.8 Å². The third-order valence-corrected chi connectivity index (χ3v) is 4.79. The predicted molar refractivity (Wildman–Crippen MR) is 99.7 cm³/mol. The second-order valence-electron chi connectivity index (χ2n) is 6.24. The third kappa shape index (κ3) is 1.74. The zero-order valence-corrected chi connectivity index (χ0v) is 13.2. The first-order valence-corrected chi connectivity index (χ1v) is 8.00. The molecule has 0 bridgehead atoms. The van der Waals surface area contributed by atoms with Gasteiger partial charge in [-0.25, -0.2) is 4.79 Å². The standard InChI is InChI=1S/C22H14O2/c1-13-12-19(23)24-18-11-10-16-9-8-15-7-6-14-4-2-3-5-17(14)21(15)22(16)20(13)18/h2-12H,1H3. The van der Waals surface area contributed by atoms with Crippen LogP contribution in [-0.2, 0) is 0 Å². The van der Waals surface area contributed by atoms with Crippen LogP contribution < -0.4 is 5.63 Å². The molecule has 0 saturated heterocycles. The van der Waals surface area contributed by atoms with Gasteiger partial charge in [0.05, 0.1) is 0 Å². The molecule has 114 valence electrons. The van der Waals surface area contributed by atoms with Gasteiger partial charge in [0.25, 0.3) is 0 Å². The van der Waals surface area contributed by atoms with Gasteiger partial charge in [0.1, 0.15) is 5.58 Å². The average Bonchev–Trinajstić information content (AvgIpc) is 2.60. The number of hydrogen-bond acceptors (Lipinski definition) is 2. The maximum absolute atomic E-state index is 11.7. The lowest BCUT2D eigenvalue weighted by Crippen LogP contribution is -1.98. The van der Waals surface area contributed by atoms with E-state index in [0.717, 1.165) is 21.7 Å². The van der Waals surface area contributed by atoms with Crippen LogP contribution in [0.2, 0.25) is 0 Å². The molecule has 4 aromatic carbocycles. The van der Waals surface area contributed by atoms with E-state index in [-0.39, 0.29) is 5.63 Å². The normalized spacial score (nSPS) is 11.7. The van der Waals surface area contributed by atoms with Gasteiger partial charge >= 0.3 is 5.63 Å². The zero-order chi connectivity index (χ0) is 16.3. The first-order chi connectivity index (χ1) is 11.7. The van der Waals surface area contributed by atoms with E-state index in [1.807, 2.05) is 19.1 Å². The number of hydrogen-bond donors (Lipinski definition) is 0. The van der Waals surface area contributed by atoms with Crippen molar-refractivity contribution in [2.24, 2.45) is 0 Å². The first-order valence-electron chi connectivity index (χ1n) is 8.00. The second-order valence-corrected chi connectivity index (χ2v) is 6.24. The quantitative estimate of drug-likeness (QED) is 0.277. The molecule has 1 heterocycles. The van der Waals surface area contributed by atoms with Crippen LogP contribution in [0.25, 0.3) is 43.3 Å². The van der Waals surface area contributed by atoms with E-state index in [4.69, 9.17) is 4.42 Å². The fourth-order valence-corrected chi connectivity index (χ4v) is 3.76. The summed E-state index contributed by atoms with van der Waals surface area (Å²) in [6.45, 7) is 1.97. The van der Waals surface area contributed by atoms with E-state index in [9.17, 15) is 4.79 Å². The maximum atomic E-state index is 11.7. The summed E-state index contributed by atoms with van der Waals surface area (Å²) in [6, 6.07) is 22.5. The molecule has 0 saturated carbocycles. The Kier molecular flexibility index (Phi) is 2.60. The van der Waals surface area contributed by atoms with Crippen LogP contribution in [0.15, 0.2) is 75.9 Å². The molecule has 1 aromatic heterocycles. The van der Waals surface area contributed by atoms with Crippen molar-refractivity contribution in [3.05, 3.63) is 82.7 Å². The van der Waals surface area contributed by atoms with Crippen LogP contribution >= 0.6 is 0 Å². The van der Waals surface area contributed by atoms with Gasteiger partial charge in [-0.2, -0.15) is 0 Å². The number of rotatable bonds is 0. The van der Waals surface area contributed by atoms with Crippen molar-refractivity contribution in [1.82, 2.24) is 0 Å². The third-order valence-electron chi connectivity index (χ3n) is 4.79. The molecule has 0 aliphatic rings. The van der Waals surface area contributed by atoms with E-state index in [0.29, 0.717) is 5.58 Å². The molecule has 0 unspecified atom stereocenters. The second kappa shape index (κ2) is 4.68. The molecule has 5 rings (SSSR count). The highest BCUT2D eigenvalue weighted by molar-refractivity contribution is 6.27. The van der Waals surface area contributed by atoms with Crippen LogP contribution in [0.1, 0.15) is 5.56 Å². The lowest BCUT2D eigenvalue weighted by atomic mass is 9.93. The molecule has 0 fully saturated rings. The minimum atomic E-state index is -0.301. The Labute approximate surface area is 137 Å². The molecule has 2 nitrogen and oxygen atoms in total. The fourth-order valence-electron chi connectivity index (χ4n) is 3.76. The monoisotopic (exact) mass is 310 g/mol. The zero-order valence-electron chi connectivity index (χ0n) is 13.2. The van der Waals surface area contributed by atoms with Gasteiger partial charge < -0.3 is 4.42 Å². The molecule has 0 atom stereocenters. The first kappa shape index (κ1) is 13.3. The Morgan fingerprint density at radius 1 is 0.708 bits per heavy atom. The van der Waals surface area contributed by atoms with E-state index in [1.165, 1.54) is 21.5 Å². The highest BCUT2D eigenvalue weighted by Gasteiger charge is 2.12. The molecular weight excluding hydrogens is 296 g/mol. The summed E-state index contributed by atoms with van der Waals surface area (Å²) in [5.74, 6) is 0. The van der Waals surface area contributed by atoms with Gasteiger partial charge in [-0.1, -0.05) is 54.6 Å². The molecule has 0 radical (unpaired) electrons. The maximum Gasteiger partial charge on any atom is 0.336 e. The summed E-state index contributed by atoms with van der Waals surface area (Å²) in [5, 5.41) is 8.18. The van der Waals surface area contributed by atoms with Crippen molar-refractivity contribution in [3.63, 3.8) is 0 Å². The minimum absolute atomic E-state index is 0.301. The van der Waals surface area contributed by atoms with Crippen LogP contribution in [0.5, 0.6) is 0 Å². The Morgan fingerprint density at radius 3 is 2.21 bits per heavy atom. The Bertz CT molecular complexity index is 1320. The highest BCUT2D eigenvalue weighted by atomic mass is 16.4. The van der Waals surface area contributed by atoms with Crippen LogP contribution in [0, 0.1) is 6.92 Å². The summed E-state index contributed by atoms with van der Waals surface area (Å²) in [7, 11) is 0. The summed E-state index contributed by atoms with van der Waals surface area (Å²) < 4.78 is 5.46. The summed E-state index contributed by atoms with van der Waals surface area (Å²) in [6.07, 6.45) is 0. The fraction of sp³-hybridized carbons (Fsp3) is 0.0455. The molecule has 0 amide bonds. The molecular formula is C22H14O2. The topological polar surface area (TPSA) is 30.2 Å². The number of aryl methyl sites for hydroxylation is 1. The van der Waals surface area contributed by atoms with Crippen LogP contribution in [0.4, 0.5) is 0 Å². The van der Waals surface area contributed by atoms with Crippen LogP contribution in [0.3, 0.4) is 0 Å². The van der Waals surface area contributed by atoms with Crippen molar-refractivity contribution in [3.8, 4) is 0 Å². The number of benzene rings is 4. The van der Waals surface area contributed by atoms with Crippen molar-refractivity contribution >= 4 is 43.3 Å². The Hall–Kier alpha value is -3.13. The minimum Gasteiger partial charge on any atom is -0.423 e. The van der Waals surface area contributed by atoms with E-state index < -0.39 is 0 Å². The lowest BCUT2D eigenvalue weighted by Gasteiger charge is -2.11. The summed E-state index contributed by atoms with van der Waals surface area (Å²) >= 11 is 0. The Balaban J connectivity index is 2.20.